The van der Waals surface area contributed by atoms with Gasteiger partial charge in [-0.15, -0.1) is 0 Å². The third-order valence-electron chi connectivity index (χ3n) is 4.66. The van der Waals surface area contributed by atoms with Gasteiger partial charge in [0.05, 0.1) is 4.90 Å². The van der Waals surface area contributed by atoms with Crippen LogP contribution in [0.5, 0.6) is 5.75 Å². The third-order valence-corrected chi connectivity index (χ3v) is 6.27. The fourth-order valence-electron chi connectivity index (χ4n) is 3.06. The number of rotatable bonds is 5. The van der Waals surface area contributed by atoms with Crippen molar-refractivity contribution in [1.29, 1.82) is 0 Å². The maximum atomic E-state index is 12.6. The lowest BCUT2D eigenvalue weighted by Gasteiger charge is -2.19. The Bertz CT molecular complexity index is 989. The molecule has 2 aromatic carbocycles. The Kier molecular flexibility index (Phi) is 4.74. The van der Waals surface area contributed by atoms with Gasteiger partial charge in [-0.05, 0) is 55.2 Å². The van der Waals surface area contributed by atoms with Gasteiger partial charge in [-0.1, -0.05) is 17.7 Å². The first kappa shape index (κ1) is 18.1. The highest BCUT2D eigenvalue weighted by atomic mass is 35.5. The number of ether oxygens (including phenoxy) is 1. The van der Waals surface area contributed by atoms with E-state index in [2.05, 4.69) is 4.72 Å². The molecule has 2 aliphatic rings. The number of carbonyl (C=O) groups is 1. The summed E-state index contributed by atoms with van der Waals surface area (Å²) in [5.74, 6) is 1.13. The molecular formula is C19H19ClN2O4S. The van der Waals surface area contributed by atoms with E-state index in [0.29, 0.717) is 28.9 Å². The molecule has 142 valence electrons. The van der Waals surface area contributed by atoms with Crippen molar-refractivity contribution in [2.75, 3.05) is 17.9 Å². The van der Waals surface area contributed by atoms with Crippen molar-refractivity contribution in [3.8, 4) is 5.75 Å². The van der Waals surface area contributed by atoms with Crippen LogP contribution in [-0.2, 0) is 21.4 Å². The van der Waals surface area contributed by atoms with Crippen molar-refractivity contribution >= 4 is 33.2 Å². The van der Waals surface area contributed by atoms with Crippen LogP contribution < -0.4 is 9.46 Å². The van der Waals surface area contributed by atoms with Crippen molar-refractivity contribution in [3.05, 3.63) is 53.1 Å². The van der Waals surface area contributed by atoms with Crippen LogP contribution in [0.3, 0.4) is 0 Å². The first-order valence-corrected chi connectivity index (χ1v) is 10.6. The van der Waals surface area contributed by atoms with Gasteiger partial charge in [0, 0.05) is 29.4 Å². The summed E-state index contributed by atoms with van der Waals surface area (Å²) in [5.41, 5.74) is 1.20. The normalized spacial score (nSPS) is 17.1. The SMILES string of the molecule is O=C1COc2ccc(NS(=O)(=O)c3cccc(Cl)c3)cc2CN1CC1CC1. The standard InChI is InChI=1S/C19H19ClN2O4S/c20-15-2-1-3-17(9-15)27(24,25)21-16-6-7-18-14(8-16)11-22(10-13-4-5-13)19(23)12-26-18/h1-3,6-9,13,21H,4-5,10-12H2. The number of hydrogen-bond donors (Lipinski definition) is 1. The molecular weight excluding hydrogens is 388 g/mol. The van der Waals surface area contributed by atoms with Crippen LogP contribution in [0.25, 0.3) is 0 Å². The van der Waals surface area contributed by atoms with E-state index in [1.807, 2.05) is 0 Å². The number of nitrogens with one attached hydrogen (secondary N) is 1. The molecule has 1 aliphatic carbocycles. The molecule has 1 amide bonds. The summed E-state index contributed by atoms with van der Waals surface area (Å²) in [5, 5.41) is 0.349. The highest BCUT2D eigenvalue weighted by Crippen LogP contribution is 2.33. The van der Waals surface area contributed by atoms with Crippen molar-refractivity contribution in [1.82, 2.24) is 4.90 Å². The van der Waals surface area contributed by atoms with E-state index in [0.717, 1.165) is 24.9 Å². The van der Waals surface area contributed by atoms with Gasteiger partial charge in [0.25, 0.3) is 15.9 Å². The number of amides is 1. The summed E-state index contributed by atoms with van der Waals surface area (Å²) in [6.07, 6.45) is 2.30. The molecule has 4 rings (SSSR count). The predicted octanol–water partition coefficient (Wildman–Crippen LogP) is 3.27. The maximum Gasteiger partial charge on any atom is 0.261 e. The zero-order valence-corrected chi connectivity index (χ0v) is 16.1. The zero-order chi connectivity index (χ0) is 19.0. The lowest BCUT2D eigenvalue weighted by atomic mass is 10.1. The molecule has 0 saturated heterocycles. The van der Waals surface area contributed by atoms with Crippen LogP contribution >= 0.6 is 11.6 Å². The van der Waals surface area contributed by atoms with E-state index in [1.54, 1.807) is 35.2 Å². The Balaban J connectivity index is 1.58. The predicted molar refractivity (Wildman–Crippen MR) is 102 cm³/mol. The minimum absolute atomic E-state index is 0.00725. The molecule has 2 aromatic rings. The van der Waals surface area contributed by atoms with E-state index in [4.69, 9.17) is 16.3 Å². The average Bonchev–Trinajstić information content (AvgIpc) is 3.45. The van der Waals surface area contributed by atoms with Gasteiger partial charge in [-0.2, -0.15) is 0 Å². The summed E-state index contributed by atoms with van der Waals surface area (Å²) >= 11 is 5.90. The Morgan fingerprint density at radius 2 is 2.00 bits per heavy atom. The van der Waals surface area contributed by atoms with Gasteiger partial charge in [0.2, 0.25) is 0 Å². The van der Waals surface area contributed by atoms with E-state index >= 15 is 0 Å². The van der Waals surface area contributed by atoms with Gasteiger partial charge in [0.15, 0.2) is 6.61 Å². The lowest BCUT2D eigenvalue weighted by Crippen LogP contribution is -2.34. The summed E-state index contributed by atoms with van der Waals surface area (Å²) in [6.45, 7) is 1.14. The minimum atomic E-state index is -3.76. The second-order valence-electron chi connectivity index (χ2n) is 6.89. The molecule has 1 fully saturated rings. The molecule has 0 spiro atoms. The van der Waals surface area contributed by atoms with Crippen LogP contribution in [0.1, 0.15) is 18.4 Å². The van der Waals surface area contributed by atoms with Gasteiger partial charge in [0.1, 0.15) is 5.75 Å². The molecule has 0 unspecified atom stereocenters. The quantitative estimate of drug-likeness (QED) is 0.826. The number of fused-ring (bicyclic) bond motifs is 1. The summed E-state index contributed by atoms with van der Waals surface area (Å²) < 4.78 is 33.3. The highest BCUT2D eigenvalue weighted by molar-refractivity contribution is 7.92. The number of sulfonamides is 1. The number of nitrogens with zero attached hydrogens (tertiary/aromatic N) is 1. The molecule has 8 heteroatoms. The van der Waals surface area contributed by atoms with Crippen molar-refractivity contribution in [3.63, 3.8) is 0 Å². The largest absolute Gasteiger partial charge is 0.483 e. The molecule has 1 saturated carbocycles. The molecule has 1 heterocycles. The van der Waals surface area contributed by atoms with Crippen LogP contribution in [0.4, 0.5) is 5.69 Å². The smallest absolute Gasteiger partial charge is 0.261 e. The Labute approximate surface area is 163 Å². The van der Waals surface area contributed by atoms with Gasteiger partial charge < -0.3 is 9.64 Å². The minimum Gasteiger partial charge on any atom is -0.483 e. The number of benzene rings is 2. The zero-order valence-electron chi connectivity index (χ0n) is 14.5. The fraction of sp³-hybridized carbons (Fsp3) is 0.316. The maximum absolute atomic E-state index is 12.6. The number of carbonyl (C=O) groups excluding carboxylic acids is 1. The average molecular weight is 407 g/mol. The van der Waals surface area contributed by atoms with E-state index in [9.17, 15) is 13.2 Å². The second kappa shape index (κ2) is 7.05. The molecule has 1 N–H and O–H groups in total. The lowest BCUT2D eigenvalue weighted by molar-refractivity contribution is -0.133. The number of hydrogen-bond acceptors (Lipinski definition) is 4. The van der Waals surface area contributed by atoms with Gasteiger partial charge in [-0.25, -0.2) is 8.42 Å². The first-order valence-electron chi connectivity index (χ1n) is 8.72. The van der Waals surface area contributed by atoms with E-state index in [-0.39, 0.29) is 17.4 Å². The molecule has 0 radical (unpaired) electrons. The van der Waals surface area contributed by atoms with Crippen molar-refractivity contribution in [2.45, 2.75) is 24.3 Å². The van der Waals surface area contributed by atoms with Crippen molar-refractivity contribution in [2.24, 2.45) is 5.92 Å². The van der Waals surface area contributed by atoms with E-state index < -0.39 is 10.0 Å². The molecule has 0 bridgehead atoms. The highest BCUT2D eigenvalue weighted by Gasteiger charge is 2.29. The molecule has 1 aliphatic heterocycles. The van der Waals surface area contributed by atoms with Crippen LogP contribution in [0.2, 0.25) is 5.02 Å². The summed E-state index contributed by atoms with van der Waals surface area (Å²) in [4.78, 5) is 14.1. The van der Waals surface area contributed by atoms with Gasteiger partial charge >= 0.3 is 0 Å². The number of anilines is 1. The van der Waals surface area contributed by atoms with Crippen LogP contribution in [0.15, 0.2) is 47.4 Å². The Morgan fingerprint density at radius 3 is 2.74 bits per heavy atom. The number of halogens is 1. The van der Waals surface area contributed by atoms with Gasteiger partial charge in [-0.3, -0.25) is 9.52 Å². The Morgan fingerprint density at radius 1 is 1.19 bits per heavy atom. The second-order valence-corrected chi connectivity index (χ2v) is 9.01. The Hall–Kier alpha value is -2.25. The first-order chi connectivity index (χ1) is 12.9. The van der Waals surface area contributed by atoms with Crippen molar-refractivity contribution < 1.29 is 17.9 Å². The van der Waals surface area contributed by atoms with Crippen LogP contribution in [0, 0.1) is 5.92 Å². The third kappa shape index (κ3) is 4.20. The molecule has 6 nitrogen and oxygen atoms in total. The molecule has 0 aromatic heterocycles. The summed E-state index contributed by atoms with van der Waals surface area (Å²) in [6, 6.07) is 11.1. The fourth-order valence-corrected chi connectivity index (χ4v) is 4.41. The topological polar surface area (TPSA) is 75.7 Å². The monoisotopic (exact) mass is 406 g/mol. The van der Waals surface area contributed by atoms with Crippen LogP contribution in [-0.4, -0.2) is 32.4 Å². The van der Waals surface area contributed by atoms with E-state index in [1.165, 1.54) is 12.1 Å². The molecule has 27 heavy (non-hydrogen) atoms. The molecule has 0 atom stereocenters. The summed E-state index contributed by atoms with van der Waals surface area (Å²) in [7, 11) is -3.76.